The van der Waals surface area contributed by atoms with E-state index in [0.717, 1.165) is 0 Å². The lowest BCUT2D eigenvalue weighted by Gasteiger charge is -2.21. The van der Waals surface area contributed by atoms with Gasteiger partial charge in [0, 0.05) is 22.4 Å². The van der Waals surface area contributed by atoms with Crippen molar-refractivity contribution in [3.05, 3.63) is 101 Å². The lowest BCUT2D eigenvalue weighted by Crippen LogP contribution is -2.46. The van der Waals surface area contributed by atoms with Gasteiger partial charge in [-0.15, -0.1) is 0 Å². The van der Waals surface area contributed by atoms with Crippen LogP contribution in [0.25, 0.3) is 0 Å². The van der Waals surface area contributed by atoms with Crippen LogP contribution in [0.3, 0.4) is 0 Å². The summed E-state index contributed by atoms with van der Waals surface area (Å²) in [5, 5.41) is 7.88. The molecule has 0 amide bonds. The van der Waals surface area contributed by atoms with Crippen molar-refractivity contribution in [3.8, 4) is 5.75 Å². The number of rotatable bonds is 7. The van der Waals surface area contributed by atoms with Crippen LogP contribution in [0.2, 0.25) is 0 Å². The second-order valence-corrected chi connectivity index (χ2v) is 10.1. The molecule has 1 aliphatic heterocycles. The van der Waals surface area contributed by atoms with Gasteiger partial charge in [0.25, 0.3) is 5.60 Å². The number of nitrogens with one attached hydrogen (secondary N) is 1. The number of anilines is 1. The average molecular weight is 533 g/mol. The Morgan fingerprint density at radius 1 is 0.921 bits per heavy atom. The summed E-state index contributed by atoms with van der Waals surface area (Å²) in [6.07, 6.45) is 0. The predicted octanol–water partition coefficient (Wildman–Crippen LogP) is 2.66. The van der Waals surface area contributed by atoms with Gasteiger partial charge in [-0.3, -0.25) is 14.4 Å². The average Bonchev–Trinajstić information content (AvgIpc) is 3.30. The van der Waals surface area contributed by atoms with Crippen LogP contribution >= 0.6 is 0 Å². The molecular weight excluding hydrogens is 512 g/mol. The molecule has 3 N–H and O–H groups in total. The van der Waals surface area contributed by atoms with Crippen LogP contribution in [0, 0.1) is 0 Å². The van der Waals surface area contributed by atoms with Crippen molar-refractivity contribution in [1.29, 1.82) is 0 Å². The van der Waals surface area contributed by atoms with Crippen LogP contribution in [-0.2, 0) is 19.6 Å². The molecule has 11 heteroatoms. The number of benzene rings is 3. The first-order valence-electron chi connectivity index (χ1n) is 11.4. The van der Waals surface area contributed by atoms with E-state index < -0.39 is 50.2 Å². The Balaban J connectivity index is 1.66. The zero-order valence-corrected chi connectivity index (χ0v) is 20.7. The van der Waals surface area contributed by atoms with E-state index in [9.17, 15) is 27.6 Å². The van der Waals surface area contributed by atoms with Gasteiger partial charge >= 0.3 is 5.97 Å². The topological polar surface area (TPSA) is 159 Å². The molecule has 2 aliphatic rings. The van der Waals surface area contributed by atoms with Crippen molar-refractivity contribution in [2.45, 2.75) is 17.4 Å². The van der Waals surface area contributed by atoms with Gasteiger partial charge < -0.3 is 14.8 Å². The Kier molecular flexibility index (Phi) is 5.97. The molecule has 1 spiro atoms. The molecule has 1 heterocycles. The smallest absolute Gasteiger partial charge is 0.357 e. The number of nitrogens with two attached hydrogens (primary N) is 1. The van der Waals surface area contributed by atoms with Gasteiger partial charge in [-0.25, -0.2) is 18.4 Å². The molecule has 1 aliphatic carbocycles. The summed E-state index contributed by atoms with van der Waals surface area (Å²) >= 11 is 0. The molecule has 0 unspecified atom stereocenters. The summed E-state index contributed by atoms with van der Waals surface area (Å²) < 4.78 is 34.1. The zero-order chi connectivity index (χ0) is 27.2. The van der Waals surface area contributed by atoms with E-state index in [0.29, 0.717) is 12.4 Å². The summed E-state index contributed by atoms with van der Waals surface area (Å²) in [4.78, 5) is 54.1. The van der Waals surface area contributed by atoms with Crippen molar-refractivity contribution in [1.82, 2.24) is 0 Å². The number of ketones is 3. The van der Waals surface area contributed by atoms with E-state index in [2.05, 4.69) is 5.32 Å². The summed E-state index contributed by atoms with van der Waals surface area (Å²) in [6, 6.07) is 17.0. The second kappa shape index (κ2) is 9.05. The van der Waals surface area contributed by atoms with Crippen molar-refractivity contribution >= 4 is 39.0 Å². The van der Waals surface area contributed by atoms with Gasteiger partial charge in [0.2, 0.25) is 21.6 Å². The number of hydrogen-bond donors (Lipinski definition) is 2. The van der Waals surface area contributed by atoms with Crippen LogP contribution in [-0.4, -0.2) is 43.9 Å². The van der Waals surface area contributed by atoms with E-state index >= 15 is 0 Å². The molecule has 0 fully saturated rings. The molecule has 0 aromatic heterocycles. The van der Waals surface area contributed by atoms with Gasteiger partial charge in [-0.2, -0.15) is 0 Å². The highest BCUT2D eigenvalue weighted by Crippen LogP contribution is 2.45. The SMILES string of the molecule is CCOc1ccc(C(=O)C2=C(Nc3ccc(S(N)(=O)=O)cc3)C(=O)OC23C(=O)c2ccccc2C3=O)cc1. The number of carbonyl (C=O) groups is 4. The van der Waals surface area contributed by atoms with Crippen LogP contribution in [0.1, 0.15) is 38.0 Å². The molecule has 0 saturated carbocycles. The van der Waals surface area contributed by atoms with Crippen molar-refractivity contribution in [2.75, 3.05) is 11.9 Å². The summed E-state index contributed by atoms with van der Waals surface area (Å²) in [5.74, 6) is -3.04. The zero-order valence-electron chi connectivity index (χ0n) is 19.9. The fourth-order valence-electron chi connectivity index (χ4n) is 4.47. The Morgan fingerprint density at radius 2 is 1.50 bits per heavy atom. The summed E-state index contributed by atoms with van der Waals surface area (Å²) in [5.41, 5.74) is -3.05. The molecular formula is C27H20N2O8S. The minimum absolute atomic E-state index is 0.0287. The number of ether oxygens (including phenoxy) is 2. The highest BCUT2D eigenvalue weighted by molar-refractivity contribution is 7.89. The van der Waals surface area contributed by atoms with Crippen molar-refractivity contribution in [3.63, 3.8) is 0 Å². The summed E-state index contributed by atoms with van der Waals surface area (Å²) in [6.45, 7) is 2.21. The Hall–Kier alpha value is -4.61. The van der Waals surface area contributed by atoms with E-state index in [1.54, 1.807) is 31.2 Å². The standard InChI is InChI=1S/C27H20N2O8S/c1-2-36-17-11-7-15(8-12-17)23(30)21-22(29-16-9-13-18(14-10-16)38(28,34)35)26(33)37-27(21)24(31)19-5-3-4-6-20(19)25(27)32/h3-14,29H,2H2,1H3,(H2,28,34,35). The normalized spacial score (nSPS) is 16.0. The molecule has 5 rings (SSSR count). The number of hydrogen-bond acceptors (Lipinski definition) is 9. The number of carbonyl (C=O) groups excluding carboxylic acids is 4. The third-order valence-electron chi connectivity index (χ3n) is 6.21. The first-order valence-corrected chi connectivity index (χ1v) is 13.0. The Morgan fingerprint density at radius 3 is 2.03 bits per heavy atom. The number of sulfonamides is 1. The fourth-order valence-corrected chi connectivity index (χ4v) is 4.99. The Labute approximate surface area is 217 Å². The minimum Gasteiger partial charge on any atom is -0.494 e. The van der Waals surface area contributed by atoms with E-state index in [1.165, 1.54) is 48.5 Å². The minimum atomic E-state index is -3.97. The maximum absolute atomic E-state index is 13.9. The number of fused-ring (bicyclic) bond motifs is 1. The first-order chi connectivity index (χ1) is 18.1. The second-order valence-electron chi connectivity index (χ2n) is 8.51. The third-order valence-corrected chi connectivity index (χ3v) is 7.14. The van der Waals surface area contributed by atoms with Crippen LogP contribution in [0.4, 0.5) is 5.69 Å². The molecule has 0 bridgehead atoms. The molecule has 3 aromatic rings. The molecule has 0 saturated heterocycles. The lowest BCUT2D eigenvalue weighted by molar-refractivity contribution is -0.141. The quantitative estimate of drug-likeness (QED) is 0.265. The van der Waals surface area contributed by atoms with Crippen LogP contribution in [0.15, 0.2) is 89.0 Å². The molecule has 10 nitrogen and oxygen atoms in total. The molecule has 3 aromatic carbocycles. The highest BCUT2D eigenvalue weighted by atomic mass is 32.2. The largest absolute Gasteiger partial charge is 0.494 e. The third kappa shape index (κ3) is 3.88. The van der Waals surface area contributed by atoms with E-state index in [1.807, 2.05) is 0 Å². The fraction of sp³-hybridized carbons (Fsp3) is 0.111. The Bertz CT molecular complexity index is 1620. The molecule has 38 heavy (non-hydrogen) atoms. The maximum Gasteiger partial charge on any atom is 0.357 e. The monoisotopic (exact) mass is 532 g/mol. The molecule has 0 atom stereocenters. The number of Topliss-reactive ketones (excluding diaryl/α,β-unsaturated/α-hetero) is 3. The van der Waals surface area contributed by atoms with Crippen LogP contribution < -0.4 is 15.2 Å². The number of esters is 1. The van der Waals surface area contributed by atoms with E-state index in [4.69, 9.17) is 14.6 Å². The number of primary sulfonamides is 1. The summed E-state index contributed by atoms with van der Waals surface area (Å²) in [7, 11) is -3.97. The van der Waals surface area contributed by atoms with Crippen LogP contribution in [0.5, 0.6) is 5.75 Å². The van der Waals surface area contributed by atoms with Crippen molar-refractivity contribution < 1.29 is 37.1 Å². The van der Waals surface area contributed by atoms with Gasteiger partial charge in [-0.1, -0.05) is 24.3 Å². The van der Waals surface area contributed by atoms with E-state index in [-0.39, 0.29) is 27.3 Å². The van der Waals surface area contributed by atoms with Gasteiger partial charge in [0.05, 0.1) is 17.1 Å². The van der Waals surface area contributed by atoms with Crippen molar-refractivity contribution in [2.24, 2.45) is 5.14 Å². The first kappa shape index (κ1) is 25.1. The predicted molar refractivity (Wildman–Crippen MR) is 134 cm³/mol. The maximum atomic E-state index is 13.9. The lowest BCUT2D eigenvalue weighted by atomic mass is 9.83. The molecule has 0 radical (unpaired) electrons. The van der Waals surface area contributed by atoms with Gasteiger partial charge in [0.15, 0.2) is 5.78 Å². The highest BCUT2D eigenvalue weighted by Gasteiger charge is 2.65. The van der Waals surface area contributed by atoms with Gasteiger partial charge in [0.1, 0.15) is 11.4 Å². The molecule has 192 valence electrons. The van der Waals surface area contributed by atoms with Gasteiger partial charge in [-0.05, 0) is 55.5 Å².